The topological polar surface area (TPSA) is 46.0 Å². The normalized spacial score (nSPS) is 19.3. The van der Waals surface area contributed by atoms with Gasteiger partial charge in [-0.1, -0.05) is 140 Å². The van der Waals surface area contributed by atoms with Crippen molar-refractivity contribution in [3.63, 3.8) is 0 Å². The summed E-state index contributed by atoms with van der Waals surface area (Å²) in [5, 5.41) is 3.84. The Labute approximate surface area is 290 Å². The van der Waals surface area contributed by atoms with Crippen LogP contribution in [-0.4, -0.2) is 16.9 Å². The van der Waals surface area contributed by atoms with E-state index in [9.17, 15) is 0 Å². The van der Waals surface area contributed by atoms with Crippen molar-refractivity contribution in [3.8, 4) is 22.6 Å². The summed E-state index contributed by atoms with van der Waals surface area (Å²) in [6.07, 6.45) is 3.05. The number of nitrogens with zero attached hydrogens (tertiary/aromatic N) is 2. The van der Waals surface area contributed by atoms with E-state index in [1.54, 1.807) is 0 Å². The zero-order valence-electron chi connectivity index (χ0n) is 26.6. The highest BCUT2D eigenvalue weighted by Crippen LogP contribution is 2.62. The highest BCUT2D eigenvalue weighted by molar-refractivity contribution is 8.09. The Morgan fingerprint density at radius 2 is 1.24 bits per heavy atom. The van der Waals surface area contributed by atoms with Crippen molar-refractivity contribution in [3.05, 3.63) is 197 Å². The van der Waals surface area contributed by atoms with E-state index in [2.05, 4.69) is 139 Å². The smallest absolute Gasteiger partial charge is 0.159 e. The summed E-state index contributed by atoms with van der Waals surface area (Å²) in [6, 6.07) is 53.8. The molecule has 1 N–H and O–H groups in total. The Balaban J connectivity index is 1.05. The van der Waals surface area contributed by atoms with Gasteiger partial charge in [0, 0.05) is 21.6 Å². The number of hydrogen-bond donors (Lipinski definition) is 1. The van der Waals surface area contributed by atoms with Gasteiger partial charge in [0.15, 0.2) is 5.84 Å². The number of para-hydroxylation sites is 1. The first kappa shape index (κ1) is 28.4. The molecular formula is C44H31N3OS. The molecule has 0 saturated heterocycles. The van der Waals surface area contributed by atoms with E-state index in [1.165, 1.54) is 43.8 Å². The number of hydrogen-bond acceptors (Lipinski definition) is 5. The number of allylic oxidation sites excluding steroid dienone is 1. The summed E-state index contributed by atoms with van der Waals surface area (Å²) in [5.74, 6) is 3.54. The third kappa shape index (κ3) is 4.39. The molecule has 2 atom stereocenters. The van der Waals surface area contributed by atoms with Crippen molar-refractivity contribution in [2.75, 3.05) is 0 Å². The van der Waals surface area contributed by atoms with E-state index in [-0.39, 0.29) is 11.4 Å². The second-order valence-electron chi connectivity index (χ2n) is 12.8. The summed E-state index contributed by atoms with van der Waals surface area (Å²) in [6.45, 7) is 0. The van der Waals surface area contributed by atoms with E-state index in [0.717, 1.165) is 40.7 Å². The fourth-order valence-electron chi connectivity index (χ4n) is 7.98. The molecule has 0 aromatic heterocycles. The molecule has 0 saturated carbocycles. The molecule has 234 valence electrons. The Morgan fingerprint density at radius 1 is 0.612 bits per heavy atom. The van der Waals surface area contributed by atoms with E-state index < -0.39 is 5.41 Å². The van der Waals surface area contributed by atoms with Gasteiger partial charge in [0.05, 0.1) is 10.7 Å². The van der Waals surface area contributed by atoms with Gasteiger partial charge in [-0.2, -0.15) is 0 Å². The maximum atomic E-state index is 6.67. The molecular weight excluding hydrogens is 619 g/mol. The lowest BCUT2D eigenvalue weighted by atomic mass is 9.66. The second-order valence-corrected chi connectivity index (χ2v) is 14.1. The minimum Gasteiger partial charge on any atom is -0.457 e. The van der Waals surface area contributed by atoms with Crippen LogP contribution in [0.4, 0.5) is 0 Å². The second kappa shape index (κ2) is 11.2. The average molecular weight is 650 g/mol. The molecule has 6 aromatic rings. The van der Waals surface area contributed by atoms with Crippen LogP contribution in [0.5, 0.6) is 11.5 Å². The Kier molecular flexibility index (Phi) is 6.49. The monoisotopic (exact) mass is 649 g/mol. The molecule has 3 heterocycles. The first-order valence-corrected chi connectivity index (χ1v) is 17.7. The summed E-state index contributed by atoms with van der Waals surface area (Å²) in [5.41, 5.74) is 10.4. The Hall–Kier alpha value is -5.65. The lowest BCUT2D eigenvalue weighted by Gasteiger charge is -2.39. The molecule has 10 rings (SSSR count). The number of fused-ring (bicyclic) bond motifs is 9. The minimum atomic E-state index is -0.477. The predicted molar refractivity (Wildman–Crippen MR) is 201 cm³/mol. The number of amidine groups is 2. The molecule has 6 aromatic carbocycles. The van der Waals surface area contributed by atoms with Crippen molar-refractivity contribution in [1.82, 2.24) is 5.32 Å². The van der Waals surface area contributed by atoms with E-state index in [1.807, 2.05) is 36.0 Å². The van der Waals surface area contributed by atoms with Gasteiger partial charge in [0.25, 0.3) is 0 Å². The predicted octanol–water partition coefficient (Wildman–Crippen LogP) is 10.1. The number of ether oxygens (including phenoxy) is 1. The first-order chi connectivity index (χ1) is 24.3. The molecule has 0 fully saturated rings. The van der Waals surface area contributed by atoms with E-state index in [4.69, 9.17) is 14.7 Å². The minimum absolute atomic E-state index is 0.144. The van der Waals surface area contributed by atoms with Crippen LogP contribution in [0.15, 0.2) is 168 Å². The van der Waals surface area contributed by atoms with E-state index >= 15 is 0 Å². The highest BCUT2D eigenvalue weighted by atomic mass is 32.2. The third-order valence-electron chi connectivity index (χ3n) is 10.1. The molecule has 4 aliphatic rings. The maximum Gasteiger partial charge on any atom is 0.159 e. The van der Waals surface area contributed by atoms with Gasteiger partial charge in [-0.05, 0) is 58.0 Å². The molecule has 1 aliphatic carbocycles. The van der Waals surface area contributed by atoms with Crippen LogP contribution < -0.4 is 10.1 Å². The molecule has 0 radical (unpaired) electrons. The summed E-state index contributed by atoms with van der Waals surface area (Å²) < 4.78 is 6.67. The number of aliphatic imine (C=N–C) groups is 2. The molecule has 2 unspecified atom stereocenters. The van der Waals surface area contributed by atoms with Crippen molar-refractivity contribution in [2.45, 2.75) is 23.3 Å². The molecule has 4 nitrogen and oxygen atoms in total. The fraction of sp³-hybridized carbons (Fsp3) is 0.0909. The lowest BCUT2D eigenvalue weighted by molar-refractivity contribution is 0.436. The zero-order valence-corrected chi connectivity index (χ0v) is 27.4. The Bertz CT molecular complexity index is 2320. The summed E-state index contributed by atoms with van der Waals surface area (Å²) >= 11 is 1.88. The quantitative estimate of drug-likeness (QED) is 0.206. The molecule has 1 spiro atoms. The summed E-state index contributed by atoms with van der Waals surface area (Å²) in [7, 11) is 0. The fourth-order valence-corrected chi connectivity index (χ4v) is 9.17. The number of benzene rings is 6. The van der Waals surface area contributed by atoms with Crippen LogP contribution in [0.2, 0.25) is 0 Å². The van der Waals surface area contributed by atoms with Crippen molar-refractivity contribution in [1.29, 1.82) is 0 Å². The molecule has 49 heavy (non-hydrogen) atoms. The maximum absolute atomic E-state index is 6.67. The van der Waals surface area contributed by atoms with Crippen LogP contribution in [0.1, 0.15) is 51.5 Å². The van der Waals surface area contributed by atoms with Crippen LogP contribution in [-0.2, 0) is 5.41 Å². The van der Waals surface area contributed by atoms with Crippen molar-refractivity contribution >= 4 is 28.3 Å². The van der Waals surface area contributed by atoms with Gasteiger partial charge < -0.3 is 10.1 Å². The molecule has 0 bridgehead atoms. The standard InChI is InChI=1S/C44H31N3OS/c1-3-13-28(14-4-1)41-45-42(29-15-5-2-6-16-29)47-43(46-41)40-26-25-39(49-40)30-23-24-38-36(27-30)44(35-21-11-12-22-37(35)48-38)33-19-9-7-17-31(33)32-18-8-10-20-34(32)44/h1-25,27,40-41H,26H2,(H,45,46,47). The van der Waals surface area contributed by atoms with Crippen molar-refractivity contribution < 1.29 is 4.74 Å². The Morgan fingerprint density at radius 3 is 2.00 bits per heavy atom. The molecule has 0 amide bonds. The molecule has 3 aliphatic heterocycles. The lowest BCUT2D eigenvalue weighted by Crippen LogP contribution is -2.38. The van der Waals surface area contributed by atoms with Crippen LogP contribution >= 0.6 is 11.8 Å². The number of rotatable bonds is 4. The molecule has 5 heteroatoms. The third-order valence-corrected chi connectivity index (χ3v) is 11.5. The van der Waals surface area contributed by atoms with Gasteiger partial charge in [-0.15, -0.1) is 11.8 Å². The van der Waals surface area contributed by atoms with Crippen LogP contribution in [0.25, 0.3) is 16.0 Å². The van der Waals surface area contributed by atoms with Gasteiger partial charge in [-0.3, -0.25) is 0 Å². The first-order valence-electron chi connectivity index (χ1n) is 16.8. The van der Waals surface area contributed by atoms with E-state index in [0.29, 0.717) is 0 Å². The van der Waals surface area contributed by atoms with Gasteiger partial charge in [0.1, 0.15) is 23.5 Å². The highest BCUT2D eigenvalue weighted by Gasteiger charge is 2.51. The summed E-state index contributed by atoms with van der Waals surface area (Å²) in [4.78, 5) is 11.4. The van der Waals surface area contributed by atoms with Crippen LogP contribution in [0, 0.1) is 0 Å². The largest absolute Gasteiger partial charge is 0.457 e. The number of nitrogens with one attached hydrogen (secondary N) is 1. The number of thioether (sulfide) groups is 1. The SMILES string of the molecule is C1=C(c2ccc3c(c2)C2(c4ccccc4O3)c3ccccc3-c3ccccc32)SC(C2=NC(c3ccccc3)=NC(c3ccccc3)N2)C1. The average Bonchev–Trinajstić information content (AvgIpc) is 3.79. The van der Waals surface area contributed by atoms with Gasteiger partial charge in [-0.25, -0.2) is 9.98 Å². The van der Waals surface area contributed by atoms with Crippen LogP contribution in [0.3, 0.4) is 0 Å². The van der Waals surface area contributed by atoms with Gasteiger partial charge in [0.2, 0.25) is 0 Å². The zero-order chi connectivity index (χ0) is 32.4. The van der Waals surface area contributed by atoms with Crippen molar-refractivity contribution in [2.24, 2.45) is 9.98 Å². The van der Waals surface area contributed by atoms with Gasteiger partial charge >= 0.3 is 0 Å².